The van der Waals surface area contributed by atoms with Crippen LogP contribution in [0, 0.1) is 5.92 Å². The van der Waals surface area contributed by atoms with Crippen LogP contribution in [-0.4, -0.2) is 35.0 Å². The third kappa shape index (κ3) is 2.61. The molecule has 2 rings (SSSR count). The fourth-order valence-corrected chi connectivity index (χ4v) is 2.94. The van der Waals surface area contributed by atoms with Gasteiger partial charge in [-0.25, -0.2) is 4.79 Å². The van der Waals surface area contributed by atoms with E-state index in [4.69, 9.17) is 4.74 Å². The molecule has 0 spiro atoms. The minimum atomic E-state index is -0.446. The molecule has 0 N–H and O–H groups in total. The standard InChI is InChI=1S/C13H21NO3/c1-13(2,3)17-12(16)14-10-4-5-11(14)7-9(6-10)8-15/h8-11H,4-7H2,1-3H3/t9-,10-,11?/m1/s1. The van der Waals surface area contributed by atoms with E-state index in [0.29, 0.717) is 0 Å². The van der Waals surface area contributed by atoms with Crippen LogP contribution in [0.4, 0.5) is 4.79 Å². The van der Waals surface area contributed by atoms with Gasteiger partial charge in [0, 0.05) is 18.0 Å². The molecule has 0 saturated carbocycles. The maximum atomic E-state index is 12.1. The molecule has 2 fully saturated rings. The number of nitrogens with zero attached hydrogens (tertiary/aromatic N) is 1. The van der Waals surface area contributed by atoms with Crippen molar-refractivity contribution in [2.45, 2.75) is 64.1 Å². The van der Waals surface area contributed by atoms with E-state index >= 15 is 0 Å². The monoisotopic (exact) mass is 239 g/mol. The van der Waals surface area contributed by atoms with Crippen molar-refractivity contribution in [1.29, 1.82) is 0 Å². The molecule has 0 radical (unpaired) electrons. The van der Waals surface area contributed by atoms with Crippen molar-refractivity contribution in [2.75, 3.05) is 0 Å². The zero-order valence-corrected chi connectivity index (χ0v) is 10.8. The molecular formula is C13H21NO3. The first-order chi connectivity index (χ1) is 7.90. The van der Waals surface area contributed by atoms with Gasteiger partial charge in [-0.05, 0) is 46.5 Å². The largest absolute Gasteiger partial charge is 0.444 e. The highest BCUT2D eigenvalue weighted by atomic mass is 16.6. The summed E-state index contributed by atoms with van der Waals surface area (Å²) < 4.78 is 5.43. The van der Waals surface area contributed by atoms with Crippen LogP contribution in [0.1, 0.15) is 46.5 Å². The molecule has 0 aromatic heterocycles. The number of aldehydes is 1. The summed E-state index contributed by atoms with van der Waals surface area (Å²) in [5.74, 6) is 0.131. The first-order valence-electron chi connectivity index (χ1n) is 6.37. The van der Waals surface area contributed by atoms with Crippen molar-refractivity contribution in [1.82, 2.24) is 4.90 Å². The average Bonchev–Trinajstić information content (AvgIpc) is 2.47. The number of amides is 1. The van der Waals surface area contributed by atoms with Crippen molar-refractivity contribution >= 4 is 12.4 Å². The molecule has 96 valence electrons. The van der Waals surface area contributed by atoms with E-state index < -0.39 is 5.60 Å². The lowest BCUT2D eigenvalue weighted by Gasteiger charge is -2.38. The Morgan fingerprint density at radius 2 is 1.76 bits per heavy atom. The molecule has 0 aromatic rings. The van der Waals surface area contributed by atoms with Gasteiger partial charge in [0.1, 0.15) is 11.9 Å². The minimum Gasteiger partial charge on any atom is -0.444 e. The van der Waals surface area contributed by atoms with Gasteiger partial charge in [-0.2, -0.15) is 0 Å². The molecule has 2 saturated heterocycles. The molecule has 1 amide bonds. The maximum Gasteiger partial charge on any atom is 0.410 e. The van der Waals surface area contributed by atoms with Crippen molar-refractivity contribution in [3.8, 4) is 0 Å². The van der Waals surface area contributed by atoms with E-state index in [0.717, 1.165) is 32.0 Å². The molecule has 1 unspecified atom stereocenters. The number of hydrogen-bond donors (Lipinski definition) is 0. The first-order valence-corrected chi connectivity index (χ1v) is 6.37. The number of carbonyl (C=O) groups excluding carboxylic acids is 2. The lowest BCUT2D eigenvalue weighted by atomic mass is 9.92. The van der Waals surface area contributed by atoms with Gasteiger partial charge in [-0.3, -0.25) is 0 Å². The molecule has 0 aromatic carbocycles. The third-order valence-corrected chi connectivity index (χ3v) is 3.57. The Hall–Kier alpha value is -1.06. The Bertz CT molecular complexity index is 307. The summed E-state index contributed by atoms with van der Waals surface area (Å²) >= 11 is 0. The maximum absolute atomic E-state index is 12.1. The van der Waals surface area contributed by atoms with Crippen LogP contribution in [0.5, 0.6) is 0 Å². The lowest BCUT2D eigenvalue weighted by Crippen LogP contribution is -2.48. The van der Waals surface area contributed by atoms with E-state index in [2.05, 4.69) is 0 Å². The topological polar surface area (TPSA) is 46.6 Å². The van der Waals surface area contributed by atoms with Crippen molar-refractivity contribution in [3.05, 3.63) is 0 Å². The third-order valence-electron chi connectivity index (χ3n) is 3.57. The van der Waals surface area contributed by atoms with Crippen LogP contribution < -0.4 is 0 Å². The van der Waals surface area contributed by atoms with E-state index in [1.807, 2.05) is 25.7 Å². The van der Waals surface area contributed by atoms with E-state index in [1.54, 1.807) is 0 Å². The van der Waals surface area contributed by atoms with Crippen molar-refractivity contribution < 1.29 is 14.3 Å². The van der Waals surface area contributed by atoms with Gasteiger partial charge in [0.05, 0.1) is 0 Å². The second-order valence-electron chi connectivity index (χ2n) is 6.14. The Labute approximate surface area is 102 Å². The highest BCUT2D eigenvalue weighted by Gasteiger charge is 2.44. The zero-order valence-electron chi connectivity index (χ0n) is 10.8. The highest BCUT2D eigenvalue weighted by molar-refractivity contribution is 5.70. The molecule has 0 aliphatic carbocycles. The van der Waals surface area contributed by atoms with Gasteiger partial charge in [0.15, 0.2) is 0 Å². The highest BCUT2D eigenvalue weighted by Crippen LogP contribution is 2.38. The normalized spacial score (nSPS) is 32.4. The zero-order chi connectivity index (χ0) is 12.6. The summed E-state index contributed by atoms with van der Waals surface area (Å²) in [6.45, 7) is 5.64. The van der Waals surface area contributed by atoms with Gasteiger partial charge in [0.25, 0.3) is 0 Å². The van der Waals surface area contributed by atoms with Crippen LogP contribution in [0.2, 0.25) is 0 Å². The second-order valence-corrected chi connectivity index (χ2v) is 6.14. The summed E-state index contributed by atoms with van der Waals surface area (Å²) in [6.07, 6.45) is 4.45. The molecule has 4 heteroatoms. The van der Waals surface area contributed by atoms with Crippen LogP contribution in [0.3, 0.4) is 0 Å². The molecule has 2 bridgehead atoms. The number of piperidine rings is 1. The van der Waals surface area contributed by atoms with E-state index in [9.17, 15) is 9.59 Å². The number of fused-ring (bicyclic) bond motifs is 2. The van der Waals surface area contributed by atoms with Gasteiger partial charge < -0.3 is 14.4 Å². The fourth-order valence-electron chi connectivity index (χ4n) is 2.94. The molecular weight excluding hydrogens is 218 g/mol. The van der Waals surface area contributed by atoms with Gasteiger partial charge >= 0.3 is 6.09 Å². The second kappa shape index (κ2) is 4.31. The number of rotatable bonds is 1. The van der Waals surface area contributed by atoms with Crippen LogP contribution in [0.25, 0.3) is 0 Å². The molecule has 2 aliphatic rings. The predicted octanol–water partition coefficient (Wildman–Crippen LogP) is 2.36. The first kappa shape index (κ1) is 12.4. The van der Waals surface area contributed by atoms with Gasteiger partial charge in [0.2, 0.25) is 0 Å². The average molecular weight is 239 g/mol. The Morgan fingerprint density at radius 3 is 2.18 bits per heavy atom. The molecule has 17 heavy (non-hydrogen) atoms. The quantitative estimate of drug-likeness (QED) is 0.660. The van der Waals surface area contributed by atoms with Crippen molar-refractivity contribution in [2.24, 2.45) is 5.92 Å². The summed E-state index contributed by atoms with van der Waals surface area (Å²) in [6, 6.07) is 0.414. The number of carbonyl (C=O) groups is 2. The van der Waals surface area contributed by atoms with Crippen LogP contribution in [0.15, 0.2) is 0 Å². The van der Waals surface area contributed by atoms with E-state index in [1.165, 1.54) is 0 Å². The van der Waals surface area contributed by atoms with Crippen LogP contribution in [-0.2, 0) is 9.53 Å². The van der Waals surface area contributed by atoms with E-state index in [-0.39, 0.29) is 24.1 Å². The minimum absolute atomic E-state index is 0.131. The Morgan fingerprint density at radius 1 is 1.24 bits per heavy atom. The smallest absolute Gasteiger partial charge is 0.410 e. The summed E-state index contributed by atoms with van der Waals surface area (Å²) in [7, 11) is 0. The lowest BCUT2D eigenvalue weighted by molar-refractivity contribution is -0.113. The summed E-state index contributed by atoms with van der Waals surface area (Å²) in [5.41, 5.74) is -0.446. The van der Waals surface area contributed by atoms with Crippen molar-refractivity contribution in [3.63, 3.8) is 0 Å². The Balaban J connectivity index is 2.04. The molecule has 4 nitrogen and oxygen atoms in total. The molecule has 2 aliphatic heterocycles. The predicted molar refractivity (Wildman–Crippen MR) is 63.7 cm³/mol. The van der Waals surface area contributed by atoms with Crippen LogP contribution >= 0.6 is 0 Å². The number of ether oxygens (including phenoxy) is 1. The SMILES string of the molecule is CC(C)(C)OC(=O)N1C2CC[C@@H]1C[C@@H](C=O)C2. The Kier molecular flexibility index (Phi) is 3.15. The molecule has 3 atom stereocenters. The summed E-state index contributed by atoms with van der Waals surface area (Å²) in [5, 5.41) is 0. The summed E-state index contributed by atoms with van der Waals surface area (Å²) in [4.78, 5) is 24.8. The number of hydrogen-bond acceptors (Lipinski definition) is 3. The molecule has 2 heterocycles. The fraction of sp³-hybridized carbons (Fsp3) is 0.846. The van der Waals surface area contributed by atoms with Gasteiger partial charge in [-0.1, -0.05) is 0 Å². The van der Waals surface area contributed by atoms with Gasteiger partial charge in [-0.15, -0.1) is 0 Å².